The predicted octanol–water partition coefficient (Wildman–Crippen LogP) is 1.72. The Labute approximate surface area is 122 Å². The van der Waals surface area contributed by atoms with E-state index >= 15 is 0 Å². The van der Waals surface area contributed by atoms with Crippen LogP contribution in [0.4, 0.5) is 5.69 Å². The molecule has 0 aromatic carbocycles. The molecule has 0 radical (unpaired) electrons. The van der Waals surface area contributed by atoms with Gasteiger partial charge in [0.15, 0.2) is 0 Å². The van der Waals surface area contributed by atoms with Crippen LogP contribution in [-0.2, 0) is 6.54 Å². The van der Waals surface area contributed by atoms with E-state index in [0.29, 0.717) is 0 Å². The number of rotatable bonds is 6. The van der Waals surface area contributed by atoms with E-state index in [4.69, 9.17) is 0 Å². The fourth-order valence-electron chi connectivity index (χ4n) is 2.96. The van der Waals surface area contributed by atoms with Crippen LogP contribution in [0.3, 0.4) is 0 Å². The molecular formula is C16H26N4. The van der Waals surface area contributed by atoms with Gasteiger partial charge in [0.25, 0.3) is 0 Å². The normalized spacial score (nSPS) is 20.4. The van der Waals surface area contributed by atoms with Gasteiger partial charge in [-0.2, -0.15) is 0 Å². The SMILES string of the molecule is CCNCc1cnccc1N1CCN(CC2CC2)CC1. The van der Waals surface area contributed by atoms with Crippen LogP contribution in [0.1, 0.15) is 25.3 Å². The Morgan fingerprint density at radius 1 is 1.25 bits per heavy atom. The van der Waals surface area contributed by atoms with E-state index in [1.54, 1.807) is 0 Å². The van der Waals surface area contributed by atoms with Crippen molar-refractivity contribution < 1.29 is 0 Å². The lowest BCUT2D eigenvalue weighted by molar-refractivity contribution is 0.248. The molecule has 1 N–H and O–H groups in total. The van der Waals surface area contributed by atoms with Gasteiger partial charge in [-0.1, -0.05) is 6.92 Å². The monoisotopic (exact) mass is 274 g/mol. The summed E-state index contributed by atoms with van der Waals surface area (Å²) >= 11 is 0. The molecule has 1 aliphatic carbocycles. The van der Waals surface area contributed by atoms with Crippen molar-refractivity contribution >= 4 is 5.69 Å². The number of hydrogen-bond donors (Lipinski definition) is 1. The molecule has 2 heterocycles. The molecule has 110 valence electrons. The van der Waals surface area contributed by atoms with E-state index in [9.17, 15) is 0 Å². The summed E-state index contributed by atoms with van der Waals surface area (Å²) in [4.78, 5) is 9.44. The third-order valence-electron chi connectivity index (χ3n) is 4.37. The average Bonchev–Trinajstić information content (AvgIpc) is 3.30. The molecule has 1 saturated carbocycles. The Bertz CT molecular complexity index is 422. The van der Waals surface area contributed by atoms with Gasteiger partial charge < -0.3 is 10.2 Å². The third-order valence-corrected chi connectivity index (χ3v) is 4.37. The first-order chi connectivity index (χ1) is 9.86. The standard InChI is InChI=1S/C16H26N4/c1-2-17-11-15-12-18-6-5-16(15)20-9-7-19(8-10-20)13-14-3-4-14/h5-6,12,14,17H,2-4,7-11,13H2,1H3. The predicted molar refractivity (Wildman–Crippen MR) is 83.0 cm³/mol. The van der Waals surface area contributed by atoms with Gasteiger partial charge in [-0.25, -0.2) is 0 Å². The molecule has 0 spiro atoms. The van der Waals surface area contributed by atoms with Crippen molar-refractivity contribution in [1.82, 2.24) is 15.2 Å². The highest BCUT2D eigenvalue weighted by Crippen LogP contribution is 2.30. The minimum Gasteiger partial charge on any atom is -0.369 e. The molecule has 1 aliphatic heterocycles. The summed E-state index contributed by atoms with van der Waals surface area (Å²) in [6.07, 6.45) is 6.84. The van der Waals surface area contributed by atoms with Crippen molar-refractivity contribution in [1.29, 1.82) is 0 Å². The van der Waals surface area contributed by atoms with Crippen LogP contribution in [0.25, 0.3) is 0 Å². The maximum Gasteiger partial charge on any atom is 0.0443 e. The van der Waals surface area contributed by atoms with Crippen LogP contribution >= 0.6 is 0 Å². The van der Waals surface area contributed by atoms with E-state index in [2.05, 4.69) is 33.1 Å². The summed E-state index contributed by atoms with van der Waals surface area (Å²) in [5, 5.41) is 3.41. The summed E-state index contributed by atoms with van der Waals surface area (Å²) in [6, 6.07) is 2.17. The second-order valence-electron chi connectivity index (χ2n) is 6.02. The van der Waals surface area contributed by atoms with Crippen molar-refractivity contribution in [2.45, 2.75) is 26.3 Å². The highest BCUT2D eigenvalue weighted by Gasteiger charge is 2.26. The van der Waals surface area contributed by atoms with Gasteiger partial charge >= 0.3 is 0 Å². The summed E-state index contributed by atoms with van der Waals surface area (Å²) in [7, 11) is 0. The molecule has 0 amide bonds. The second-order valence-corrected chi connectivity index (χ2v) is 6.02. The zero-order chi connectivity index (χ0) is 13.8. The molecular weight excluding hydrogens is 248 g/mol. The molecule has 0 bridgehead atoms. The Balaban J connectivity index is 1.58. The fraction of sp³-hybridized carbons (Fsp3) is 0.688. The Kier molecular flexibility index (Phi) is 4.53. The van der Waals surface area contributed by atoms with Crippen LogP contribution in [-0.4, -0.2) is 49.2 Å². The topological polar surface area (TPSA) is 31.4 Å². The molecule has 2 fully saturated rings. The van der Waals surface area contributed by atoms with Gasteiger partial charge in [0.05, 0.1) is 0 Å². The third kappa shape index (κ3) is 3.49. The van der Waals surface area contributed by atoms with Gasteiger partial charge in [-0.15, -0.1) is 0 Å². The minimum atomic E-state index is 0.919. The Morgan fingerprint density at radius 2 is 2.05 bits per heavy atom. The highest BCUT2D eigenvalue weighted by atomic mass is 15.3. The number of anilines is 1. The second kappa shape index (κ2) is 6.55. The van der Waals surface area contributed by atoms with E-state index < -0.39 is 0 Å². The van der Waals surface area contributed by atoms with Gasteiger partial charge in [-0.05, 0) is 31.4 Å². The number of nitrogens with one attached hydrogen (secondary N) is 1. The maximum atomic E-state index is 4.28. The number of piperazine rings is 1. The summed E-state index contributed by atoms with van der Waals surface area (Å²) in [6.45, 7) is 10.1. The minimum absolute atomic E-state index is 0.919. The van der Waals surface area contributed by atoms with Crippen LogP contribution in [0, 0.1) is 5.92 Å². The van der Waals surface area contributed by atoms with Crippen molar-refractivity contribution in [2.75, 3.05) is 44.2 Å². The van der Waals surface area contributed by atoms with Crippen LogP contribution in [0.2, 0.25) is 0 Å². The first-order valence-corrected chi connectivity index (χ1v) is 7.97. The largest absolute Gasteiger partial charge is 0.369 e. The Morgan fingerprint density at radius 3 is 2.75 bits per heavy atom. The van der Waals surface area contributed by atoms with Gasteiger partial charge in [-0.3, -0.25) is 9.88 Å². The lowest BCUT2D eigenvalue weighted by Crippen LogP contribution is -2.47. The van der Waals surface area contributed by atoms with E-state index in [0.717, 1.165) is 32.1 Å². The van der Waals surface area contributed by atoms with Gasteiger partial charge in [0.1, 0.15) is 0 Å². The van der Waals surface area contributed by atoms with Gasteiger partial charge in [0.2, 0.25) is 0 Å². The summed E-state index contributed by atoms with van der Waals surface area (Å²) < 4.78 is 0. The van der Waals surface area contributed by atoms with E-state index in [-0.39, 0.29) is 0 Å². The zero-order valence-corrected chi connectivity index (χ0v) is 12.5. The van der Waals surface area contributed by atoms with Crippen LogP contribution in [0.5, 0.6) is 0 Å². The van der Waals surface area contributed by atoms with E-state index in [1.165, 1.54) is 43.7 Å². The molecule has 3 rings (SSSR count). The van der Waals surface area contributed by atoms with Crippen LogP contribution < -0.4 is 10.2 Å². The number of hydrogen-bond acceptors (Lipinski definition) is 4. The van der Waals surface area contributed by atoms with Crippen molar-refractivity contribution in [3.8, 4) is 0 Å². The lowest BCUT2D eigenvalue weighted by Gasteiger charge is -2.37. The number of aromatic nitrogens is 1. The zero-order valence-electron chi connectivity index (χ0n) is 12.5. The average molecular weight is 274 g/mol. The lowest BCUT2D eigenvalue weighted by atomic mass is 10.2. The first kappa shape index (κ1) is 13.8. The smallest absolute Gasteiger partial charge is 0.0443 e. The van der Waals surface area contributed by atoms with Crippen molar-refractivity contribution in [2.24, 2.45) is 5.92 Å². The quantitative estimate of drug-likeness (QED) is 0.856. The number of nitrogens with zero attached hydrogens (tertiary/aromatic N) is 3. The fourth-order valence-corrected chi connectivity index (χ4v) is 2.96. The van der Waals surface area contributed by atoms with E-state index in [1.807, 2.05) is 12.4 Å². The molecule has 0 atom stereocenters. The molecule has 4 heteroatoms. The molecule has 0 unspecified atom stereocenters. The highest BCUT2D eigenvalue weighted by molar-refractivity contribution is 5.52. The summed E-state index contributed by atoms with van der Waals surface area (Å²) in [5.74, 6) is 1.01. The Hall–Kier alpha value is -1.13. The summed E-state index contributed by atoms with van der Waals surface area (Å²) in [5.41, 5.74) is 2.69. The van der Waals surface area contributed by atoms with Crippen molar-refractivity contribution in [3.05, 3.63) is 24.0 Å². The molecule has 2 aliphatic rings. The molecule has 4 nitrogen and oxygen atoms in total. The maximum absolute atomic E-state index is 4.28. The molecule has 20 heavy (non-hydrogen) atoms. The van der Waals surface area contributed by atoms with Crippen LogP contribution in [0.15, 0.2) is 18.5 Å². The molecule has 1 aromatic rings. The van der Waals surface area contributed by atoms with Crippen molar-refractivity contribution in [3.63, 3.8) is 0 Å². The van der Waals surface area contributed by atoms with Gasteiger partial charge in [0, 0.05) is 62.9 Å². The molecule has 1 saturated heterocycles. The first-order valence-electron chi connectivity index (χ1n) is 7.97. The number of pyridine rings is 1. The molecule has 1 aromatic heterocycles.